The van der Waals surface area contributed by atoms with Crippen molar-refractivity contribution in [1.82, 2.24) is 4.98 Å². The number of hydrogen-bond donors (Lipinski definition) is 1. The molecule has 0 aliphatic carbocycles. The molecule has 0 unspecified atom stereocenters. The van der Waals surface area contributed by atoms with Gasteiger partial charge in [0.2, 0.25) is 17.5 Å². The Morgan fingerprint density at radius 2 is 1.61 bits per heavy atom. The predicted molar refractivity (Wildman–Crippen MR) is 105 cm³/mol. The highest BCUT2D eigenvalue weighted by Crippen LogP contribution is 2.31. The summed E-state index contributed by atoms with van der Waals surface area (Å²) in [5.74, 6) is -9.57. The minimum Gasteiger partial charge on any atom is -0.491 e. The summed E-state index contributed by atoms with van der Waals surface area (Å²) in [6.07, 6.45) is 0. The maximum absolute atomic E-state index is 14.1. The zero-order valence-electron chi connectivity index (χ0n) is 16.2. The molecular formula is C22H14F4N2O3. The third-order valence-corrected chi connectivity index (χ3v) is 4.59. The van der Waals surface area contributed by atoms with Gasteiger partial charge in [-0.05, 0) is 48.9 Å². The van der Waals surface area contributed by atoms with E-state index in [-0.39, 0.29) is 5.69 Å². The Morgan fingerprint density at radius 3 is 2.23 bits per heavy atom. The Hall–Kier alpha value is -3.88. The molecule has 0 aliphatic rings. The smallest absolute Gasteiger partial charge is 0.261 e. The van der Waals surface area contributed by atoms with E-state index in [4.69, 9.17) is 4.42 Å². The molecule has 0 bridgehead atoms. The van der Waals surface area contributed by atoms with Gasteiger partial charge in [0, 0.05) is 11.3 Å². The number of nitrogens with one attached hydrogen (secondary N) is 1. The van der Waals surface area contributed by atoms with Gasteiger partial charge in [-0.1, -0.05) is 6.07 Å². The van der Waals surface area contributed by atoms with Crippen LogP contribution in [-0.2, 0) is 0 Å². The van der Waals surface area contributed by atoms with Gasteiger partial charge in [0.15, 0.2) is 23.0 Å². The first-order chi connectivity index (χ1) is 14.8. The number of aryl methyl sites for hydroxylation is 1. The largest absolute Gasteiger partial charge is 0.491 e. The van der Waals surface area contributed by atoms with Crippen molar-refractivity contribution in [3.05, 3.63) is 76.9 Å². The lowest BCUT2D eigenvalue weighted by Gasteiger charge is -2.11. The van der Waals surface area contributed by atoms with Gasteiger partial charge in [0.05, 0.1) is 7.11 Å². The van der Waals surface area contributed by atoms with Gasteiger partial charge in [-0.3, -0.25) is 4.79 Å². The number of methoxy groups -OCH3 is 1. The first kappa shape index (κ1) is 20.4. The molecule has 3 aromatic carbocycles. The van der Waals surface area contributed by atoms with Crippen LogP contribution < -0.4 is 10.1 Å². The van der Waals surface area contributed by atoms with E-state index in [0.29, 0.717) is 22.6 Å². The summed E-state index contributed by atoms with van der Waals surface area (Å²) < 4.78 is 65.9. The van der Waals surface area contributed by atoms with Gasteiger partial charge in [0.25, 0.3) is 5.91 Å². The summed E-state index contributed by atoms with van der Waals surface area (Å²) in [6.45, 7) is 1.92. The van der Waals surface area contributed by atoms with Crippen molar-refractivity contribution >= 4 is 22.7 Å². The Balaban J connectivity index is 1.60. The summed E-state index contributed by atoms with van der Waals surface area (Å²) in [7, 11) is 0.847. The lowest BCUT2D eigenvalue weighted by Crippen LogP contribution is -2.18. The van der Waals surface area contributed by atoms with Gasteiger partial charge < -0.3 is 14.5 Å². The number of carbonyl (C=O) groups excluding carboxylic acids is 1. The average molecular weight is 430 g/mol. The Bertz CT molecular complexity index is 1290. The number of halogens is 4. The van der Waals surface area contributed by atoms with E-state index in [1.165, 1.54) is 12.1 Å². The number of carbonyl (C=O) groups is 1. The van der Waals surface area contributed by atoms with Crippen LogP contribution in [0, 0.1) is 30.2 Å². The Labute approximate surface area is 173 Å². The van der Waals surface area contributed by atoms with Crippen LogP contribution in [0.3, 0.4) is 0 Å². The number of aromatic nitrogens is 1. The second kappa shape index (κ2) is 7.75. The molecule has 1 heterocycles. The summed E-state index contributed by atoms with van der Waals surface area (Å²) in [4.78, 5) is 16.6. The molecule has 0 radical (unpaired) electrons. The molecule has 0 atom stereocenters. The molecule has 9 heteroatoms. The van der Waals surface area contributed by atoms with Crippen molar-refractivity contribution in [1.29, 1.82) is 0 Å². The molecular weight excluding hydrogens is 416 g/mol. The zero-order valence-corrected chi connectivity index (χ0v) is 16.2. The van der Waals surface area contributed by atoms with E-state index in [0.717, 1.165) is 12.7 Å². The summed E-state index contributed by atoms with van der Waals surface area (Å²) in [5.41, 5.74) is 1.63. The first-order valence-corrected chi connectivity index (χ1v) is 8.99. The number of oxazole rings is 1. The second-order valence-corrected chi connectivity index (χ2v) is 6.69. The molecule has 4 rings (SSSR count). The zero-order chi connectivity index (χ0) is 22.3. The average Bonchev–Trinajstić information content (AvgIpc) is 3.16. The van der Waals surface area contributed by atoms with Crippen LogP contribution in [0.4, 0.5) is 23.2 Å². The molecule has 4 aromatic rings. The van der Waals surface area contributed by atoms with Crippen molar-refractivity contribution in [2.24, 2.45) is 0 Å². The molecule has 1 amide bonds. The van der Waals surface area contributed by atoms with Gasteiger partial charge in [0.1, 0.15) is 11.1 Å². The number of anilines is 1. The van der Waals surface area contributed by atoms with Crippen LogP contribution in [0.25, 0.3) is 22.6 Å². The van der Waals surface area contributed by atoms with E-state index in [1.54, 1.807) is 12.1 Å². The number of ether oxygens (including phenoxy) is 1. The molecule has 1 aromatic heterocycles. The fourth-order valence-corrected chi connectivity index (χ4v) is 3.04. The van der Waals surface area contributed by atoms with E-state index >= 15 is 0 Å². The van der Waals surface area contributed by atoms with Crippen molar-refractivity contribution in [2.75, 3.05) is 12.4 Å². The van der Waals surface area contributed by atoms with Gasteiger partial charge in [-0.15, -0.1) is 0 Å². The second-order valence-electron chi connectivity index (χ2n) is 6.69. The van der Waals surface area contributed by atoms with Crippen molar-refractivity contribution < 1.29 is 31.5 Å². The fraction of sp³-hybridized carbons (Fsp3) is 0.0909. The molecule has 0 spiro atoms. The fourth-order valence-electron chi connectivity index (χ4n) is 3.04. The molecule has 0 saturated heterocycles. The molecule has 5 nitrogen and oxygen atoms in total. The molecule has 0 saturated carbocycles. The molecule has 31 heavy (non-hydrogen) atoms. The number of nitrogens with zero attached hydrogens (tertiary/aromatic N) is 1. The van der Waals surface area contributed by atoms with Gasteiger partial charge >= 0.3 is 0 Å². The lowest BCUT2D eigenvalue weighted by molar-refractivity contribution is 0.101. The van der Waals surface area contributed by atoms with Crippen LogP contribution in [0.15, 0.2) is 46.9 Å². The van der Waals surface area contributed by atoms with E-state index < -0.39 is 40.5 Å². The molecule has 1 N–H and O–H groups in total. The summed E-state index contributed by atoms with van der Waals surface area (Å²) >= 11 is 0. The SMILES string of the molecule is COc1c(F)c(F)c(C(=O)Nc2ccc(-c3nc4ccc(C)cc4o3)cc2)c(F)c1F. The third kappa shape index (κ3) is 3.58. The van der Waals surface area contributed by atoms with Crippen molar-refractivity contribution in [3.63, 3.8) is 0 Å². The quantitative estimate of drug-likeness (QED) is 0.337. The monoisotopic (exact) mass is 430 g/mol. The maximum Gasteiger partial charge on any atom is 0.261 e. The van der Waals surface area contributed by atoms with Gasteiger partial charge in [-0.25, -0.2) is 13.8 Å². The number of fused-ring (bicyclic) bond motifs is 1. The van der Waals surface area contributed by atoms with Crippen molar-refractivity contribution in [2.45, 2.75) is 6.92 Å². The lowest BCUT2D eigenvalue weighted by atomic mass is 10.1. The topological polar surface area (TPSA) is 64.4 Å². The van der Waals surface area contributed by atoms with Gasteiger partial charge in [-0.2, -0.15) is 8.78 Å². The summed E-state index contributed by atoms with van der Waals surface area (Å²) in [5, 5.41) is 2.20. The number of rotatable bonds is 4. The third-order valence-electron chi connectivity index (χ3n) is 4.59. The van der Waals surface area contributed by atoms with E-state index in [2.05, 4.69) is 15.0 Å². The minimum atomic E-state index is -1.85. The molecule has 158 valence electrons. The highest BCUT2D eigenvalue weighted by molar-refractivity contribution is 6.05. The van der Waals surface area contributed by atoms with Crippen LogP contribution in [0.1, 0.15) is 15.9 Å². The standard InChI is InChI=1S/C22H14F4N2O3/c1-10-3-8-13-14(9-10)31-22(28-13)11-4-6-12(7-5-11)27-21(29)15-16(23)18(25)20(30-2)19(26)17(15)24/h3-9H,1-2H3,(H,27,29). The van der Waals surface area contributed by atoms with Crippen LogP contribution in [0.5, 0.6) is 5.75 Å². The van der Waals surface area contributed by atoms with Crippen LogP contribution >= 0.6 is 0 Å². The summed E-state index contributed by atoms with van der Waals surface area (Å²) in [6, 6.07) is 11.6. The maximum atomic E-state index is 14.1. The number of hydrogen-bond acceptors (Lipinski definition) is 4. The number of amides is 1. The molecule has 0 aliphatic heterocycles. The Kier molecular flexibility index (Phi) is 5.10. The molecule has 0 fully saturated rings. The van der Waals surface area contributed by atoms with Crippen molar-refractivity contribution in [3.8, 4) is 17.2 Å². The van der Waals surface area contributed by atoms with Crippen LogP contribution in [0.2, 0.25) is 0 Å². The minimum absolute atomic E-state index is 0.135. The normalized spacial score (nSPS) is 11.0. The van der Waals surface area contributed by atoms with E-state index in [1.807, 2.05) is 25.1 Å². The first-order valence-electron chi connectivity index (χ1n) is 8.99. The van der Waals surface area contributed by atoms with E-state index in [9.17, 15) is 22.4 Å². The predicted octanol–water partition coefficient (Wildman–Crippen LogP) is 5.62. The highest BCUT2D eigenvalue weighted by atomic mass is 19.2. The Morgan fingerprint density at radius 1 is 0.968 bits per heavy atom. The highest BCUT2D eigenvalue weighted by Gasteiger charge is 2.30. The number of benzene rings is 3. The van der Waals surface area contributed by atoms with Crippen LogP contribution in [-0.4, -0.2) is 18.0 Å².